The van der Waals surface area contributed by atoms with Crippen LogP contribution in [-0.2, 0) is 14.8 Å². The minimum atomic E-state index is -3.53. The topological polar surface area (TPSA) is 84.9 Å². The molecule has 0 aliphatic carbocycles. The van der Waals surface area contributed by atoms with Gasteiger partial charge in [-0.15, -0.1) is 0 Å². The van der Waals surface area contributed by atoms with Crippen LogP contribution in [-0.4, -0.2) is 45.4 Å². The molecule has 0 unspecified atom stereocenters. The lowest BCUT2D eigenvalue weighted by molar-refractivity contribution is -0.128. The summed E-state index contributed by atoms with van der Waals surface area (Å²) in [4.78, 5) is 12.7. The Balaban J connectivity index is 1.65. The van der Waals surface area contributed by atoms with E-state index in [1.54, 1.807) is 31.2 Å². The molecule has 0 saturated carbocycles. The molecule has 0 fully saturated rings. The second-order valence-electron chi connectivity index (χ2n) is 7.04. The van der Waals surface area contributed by atoms with Gasteiger partial charge in [0.05, 0.1) is 24.0 Å². The first kappa shape index (κ1) is 21.0. The van der Waals surface area contributed by atoms with Crippen molar-refractivity contribution >= 4 is 21.6 Å². The van der Waals surface area contributed by atoms with Crippen molar-refractivity contribution < 1.29 is 22.7 Å². The Bertz CT molecular complexity index is 959. The van der Waals surface area contributed by atoms with Crippen molar-refractivity contribution in [2.24, 2.45) is 0 Å². The number of carbonyl (C=O) groups excluding carboxylic acids is 1. The minimum absolute atomic E-state index is 0.0591. The molecule has 1 N–H and O–H groups in total. The van der Waals surface area contributed by atoms with Crippen molar-refractivity contribution in [1.29, 1.82) is 0 Å². The van der Waals surface area contributed by atoms with Crippen LogP contribution < -0.4 is 19.1 Å². The number of anilines is 1. The maximum absolute atomic E-state index is 12.7. The molecule has 156 valence electrons. The van der Waals surface area contributed by atoms with E-state index in [4.69, 9.17) is 9.47 Å². The molecular formula is C21H26N2O5S. The number of rotatable bonds is 7. The zero-order chi connectivity index (χ0) is 21.0. The number of ether oxygens (including phenoxy) is 2. The van der Waals surface area contributed by atoms with Crippen LogP contribution in [0.3, 0.4) is 0 Å². The van der Waals surface area contributed by atoms with Gasteiger partial charge in [0.2, 0.25) is 10.0 Å². The van der Waals surface area contributed by atoms with Gasteiger partial charge in [0.25, 0.3) is 5.91 Å². The van der Waals surface area contributed by atoms with Crippen LogP contribution >= 0.6 is 0 Å². The summed E-state index contributed by atoms with van der Waals surface area (Å²) in [5.41, 5.74) is 1.59. The molecule has 7 nitrogen and oxygen atoms in total. The fraction of sp³-hybridized carbons (Fsp3) is 0.381. The molecular weight excluding hydrogens is 392 g/mol. The molecule has 2 aromatic carbocycles. The third kappa shape index (κ3) is 5.00. The van der Waals surface area contributed by atoms with Crippen molar-refractivity contribution in [2.75, 3.05) is 23.2 Å². The van der Waals surface area contributed by atoms with Gasteiger partial charge < -0.3 is 14.8 Å². The van der Waals surface area contributed by atoms with Crippen LogP contribution in [0.1, 0.15) is 19.4 Å². The van der Waals surface area contributed by atoms with Crippen LogP contribution in [0.15, 0.2) is 48.5 Å². The fourth-order valence-electron chi connectivity index (χ4n) is 2.99. The van der Waals surface area contributed by atoms with Crippen LogP contribution in [0.5, 0.6) is 11.5 Å². The van der Waals surface area contributed by atoms with Gasteiger partial charge in [-0.2, -0.15) is 0 Å². The van der Waals surface area contributed by atoms with E-state index in [0.717, 1.165) is 11.3 Å². The number of hydrogen-bond donors (Lipinski definition) is 1. The number of para-hydroxylation sites is 2. The van der Waals surface area contributed by atoms with Gasteiger partial charge in [0.1, 0.15) is 18.1 Å². The number of fused-ring (bicyclic) bond motifs is 1. The lowest BCUT2D eigenvalue weighted by atomic mass is 10.2. The predicted molar refractivity (Wildman–Crippen MR) is 112 cm³/mol. The maximum Gasteiger partial charge on any atom is 0.263 e. The monoisotopic (exact) mass is 418 g/mol. The van der Waals surface area contributed by atoms with Crippen LogP contribution in [0.25, 0.3) is 0 Å². The summed E-state index contributed by atoms with van der Waals surface area (Å²) in [5.74, 6) is 0.659. The Kier molecular flexibility index (Phi) is 6.32. The van der Waals surface area contributed by atoms with E-state index in [1.807, 2.05) is 38.1 Å². The van der Waals surface area contributed by atoms with Gasteiger partial charge in [-0.25, -0.2) is 8.42 Å². The third-order valence-corrected chi connectivity index (χ3v) is 6.38. The van der Waals surface area contributed by atoms with E-state index >= 15 is 0 Å². The molecule has 8 heteroatoms. The molecule has 2 atom stereocenters. The Labute approximate surface area is 171 Å². The number of sulfonamides is 1. The summed E-state index contributed by atoms with van der Waals surface area (Å²) in [6.07, 6.45) is -0.937. The van der Waals surface area contributed by atoms with Gasteiger partial charge in [-0.3, -0.25) is 9.10 Å². The molecule has 0 aromatic heterocycles. The van der Waals surface area contributed by atoms with Crippen LogP contribution in [0.2, 0.25) is 0 Å². The molecule has 1 aliphatic heterocycles. The second-order valence-corrected chi connectivity index (χ2v) is 9.22. The Hall–Kier alpha value is -2.74. The van der Waals surface area contributed by atoms with Crippen LogP contribution in [0.4, 0.5) is 5.69 Å². The van der Waals surface area contributed by atoms with E-state index in [2.05, 4.69) is 5.32 Å². The lowest BCUT2D eigenvalue weighted by Gasteiger charge is -2.34. The van der Waals surface area contributed by atoms with E-state index < -0.39 is 16.1 Å². The Morgan fingerprint density at radius 1 is 1.24 bits per heavy atom. The number of nitrogens with zero attached hydrogens (tertiary/aromatic N) is 1. The van der Waals surface area contributed by atoms with Gasteiger partial charge in [0.15, 0.2) is 6.10 Å². The maximum atomic E-state index is 12.7. The first-order valence-electron chi connectivity index (χ1n) is 9.56. The largest absolute Gasteiger partial charge is 0.491 e. The molecule has 1 heterocycles. The van der Waals surface area contributed by atoms with E-state index in [0.29, 0.717) is 11.4 Å². The van der Waals surface area contributed by atoms with Crippen LogP contribution in [0, 0.1) is 6.92 Å². The predicted octanol–water partition coefficient (Wildman–Crippen LogP) is 2.50. The molecule has 0 radical (unpaired) electrons. The molecule has 1 amide bonds. The van der Waals surface area contributed by atoms with Gasteiger partial charge in [-0.05, 0) is 45.0 Å². The Morgan fingerprint density at radius 3 is 2.62 bits per heavy atom. The SMILES string of the molecule is CCS(=O)(=O)N1C[C@@H](C(=O)N[C@@H](C)COc2ccc(C)cc2)Oc2ccccc21. The number of aryl methyl sites for hydroxylation is 1. The van der Waals surface area contributed by atoms with E-state index in [-0.39, 0.29) is 30.9 Å². The smallest absolute Gasteiger partial charge is 0.263 e. The third-order valence-electron chi connectivity index (χ3n) is 4.64. The minimum Gasteiger partial charge on any atom is -0.491 e. The molecule has 0 saturated heterocycles. The van der Waals surface area contributed by atoms with E-state index in [9.17, 15) is 13.2 Å². The highest BCUT2D eigenvalue weighted by Crippen LogP contribution is 2.35. The summed E-state index contributed by atoms with van der Waals surface area (Å²) < 4.78 is 37.8. The average Bonchev–Trinajstić information content (AvgIpc) is 2.72. The number of carbonyl (C=O) groups is 1. The first-order valence-corrected chi connectivity index (χ1v) is 11.2. The molecule has 2 aromatic rings. The number of amides is 1. The molecule has 0 bridgehead atoms. The first-order chi connectivity index (χ1) is 13.8. The summed E-state index contributed by atoms with van der Waals surface area (Å²) in [5, 5.41) is 2.84. The normalized spacial score (nSPS) is 17.1. The van der Waals surface area contributed by atoms with Gasteiger partial charge in [0, 0.05) is 0 Å². The molecule has 1 aliphatic rings. The molecule has 0 spiro atoms. The fourth-order valence-corrected chi connectivity index (χ4v) is 4.12. The van der Waals surface area contributed by atoms with Crippen molar-refractivity contribution in [2.45, 2.75) is 32.9 Å². The second kappa shape index (κ2) is 8.73. The standard InChI is InChI=1S/C21H26N2O5S/c1-4-29(25,26)23-13-20(28-19-8-6-5-7-18(19)23)21(24)22-16(3)14-27-17-11-9-15(2)10-12-17/h5-12,16,20H,4,13-14H2,1-3H3,(H,22,24)/t16-,20-/m0/s1. The van der Waals surface area contributed by atoms with Crippen molar-refractivity contribution in [3.63, 3.8) is 0 Å². The number of nitrogens with one attached hydrogen (secondary N) is 1. The quantitative estimate of drug-likeness (QED) is 0.747. The van der Waals surface area contributed by atoms with Crippen molar-refractivity contribution in [3.8, 4) is 11.5 Å². The highest BCUT2D eigenvalue weighted by molar-refractivity contribution is 7.92. The average molecular weight is 419 g/mol. The summed E-state index contributed by atoms with van der Waals surface area (Å²) in [6.45, 7) is 5.62. The molecule has 3 rings (SSSR count). The van der Waals surface area contributed by atoms with Gasteiger partial charge >= 0.3 is 0 Å². The summed E-state index contributed by atoms with van der Waals surface area (Å²) >= 11 is 0. The summed E-state index contributed by atoms with van der Waals surface area (Å²) in [7, 11) is -3.53. The highest BCUT2D eigenvalue weighted by atomic mass is 32.2. The van der Waals surface area contributed by atoms with Crippen molar-refractivity contribution in [3.05, 3.63) is 54.1 Å². The zero-order valence-electron chi connectivity index (χ0n) is 16.8. The van der Waals surface area contributed by atoms with E-state index in [1.165, 1.54) is 4.31 Å². The zero-order valence-corrected chi connectivity index (χ0v) is 17.6. The lowest BCUT2D eigenvalue weighted by Crippen LogP contribution is -2.53. The van der Waals surface area contributed by atoms with Crippen molar-refractivity contribution in [1.82, 2.24) is 5.32 Å². The van der Waals surface area contributed by atoms with Gasteiger partial charge in [-0.1, -0.05) is 29.8 Å². The number of hydrogen-bond acceptors (Lipinski definition) is 5. The summed E-state index contributed by atoms with van der Waals surface area (Å²) in [6, 6.07) is 14.2. The Morgan fingerprint density at radius 2 is 1.93 bits per heavy atom. The molecule has 29 heavy (non-hydrogen) atoms. The highest BCUT2D eigenvalue weighted by Gasteiger charge is 2.36. The number of benzene rings is 2.